The molecule has 0 atom stereocenters. The van der Waals surface area contributed by atoms with E-state index in [1.54, 1.807) is 7.11 Å². The highest BCUT2D eigenvalue weighted by atomic mass is 16.5. The van der Waals surface area contributed by atoms with E-state index in [4.69, 9.17) is 9.47 Å². The van der Waals surface area contributed by atoms with E-state index in [2.05, 4.69) is 37.1 Å². The number of methoxy groups -OCH3 is 1. The van der Waals surface area contributed by atoms with Crippen LogP contribution in [0.1, 0.15) is 38.4 Å². The van der Waals surface area contributed by atoms with Crippen molar-refractivity contribution in [2.75, 3.05) is 20.3 Å². The smallest absolute Gasteiger partial charge is 0.213 e. The Balaban J connectivity index is 2.71. The highest BCUT2D eigenvalue weighted by Crippen LogP contribution is 2.14. The first kappa shape index (κ1) is 15.9. The number of hydrogen-bond donors (Lipinski definition) is 1. The average molecular weight is 266 g/mol. The van der Waals surface area contributed by atoms with E-state index in [-0.39, 0.29) is 0 Å². The molecule has 4 nitrogen and oxygen atoms in total. The molecule has 0 saturated carbocycles. The summed E-state index contributed by atoms with van der Waals surface area (Å²) in [6, 6.07) is 4.63. The first-order valence-electron chi connectivity index (χ1n) is 7.00. The summed E-state index contributed by atoms with van der Waals surface area (Å²) in [6.07, 6.45) is 2.07. The summed E-state index contributed by atoms with van der Waals surface area (Å²) in [5.41, 5.74) is 2.32. The first-order valence-corrected chi connectivity index (χ1v) is 7.00. The van der Waals surface area contributed by atoms with Gasteiger partial charge in [-0.3, -0.25) is 0 Å². The number of aromatic nitrogens is 1. The third-order valence-electron chi connectivity index (χ3n) is 2.67. The quantitative estimate of drug-likeness (QED) is 0.698. The Morgan fingerprint density at radius 1 is 1.26 bits per heavy atom. The van der Waals surface area contributed by atoms with Crippen LogP contribution in [0, 0.1) is 0 Å². The molecule has 1 rings (SSSR count). The molecule has 0 aliphatic rings. The van der Waals surface area contributed by atoms with Crippen LogP contribution in [-0.4, -0.2) is 31.3 Å². The lowest BCUT2D eigenvalue weighted by molar-refractivity contribution is 0.143. The molecule has 1 N–H and O–H groups in total. The van der Waals surface area contributed by atoms with Crippen LogP contribution < -0.4 is 10.1 Å². The van der Waals surface area contributed by atoms with E-state index >= 15 is 0 Å². The van der Waals surface area contributed by atoms with Crippen molar-refractivity contribution >= 4 is 0 Å². The summed E-state index contributed by atoms with van der Waals surface area (Å²) in [7, 11) is 1.67. The van der Waals surface area contributed by atoms with Gasteiger partial charge in [0.25, 0.3) is 0 Å². The van der Waals surface area contributed by atoms with E-state index in [0.717, 1.165) is 25.1 Å². The molecule has 0 amide bonds. The monoisotopic (exact) mass is 266 g/mol. The zero-order valence-corrected chi connectivity index (χ0v) is 12.5. The summed E-state index contributed by atoms with van der Waals surface area (Å²) in [4.78, 5) is 4.52. The Kier molecular flexibility index (Phi) is 7.45. The average Bonchev–Trinajstić information content (AvgIpc) is 2.37. The van der Waals surface area contributed by atoms with Gasteiger partial charge in [-0.05, 0) is 18.1 Å². The second-order valence-corrected chi connectivity index (χ2v) is 4.93. The van der Waals surface area contributed by atoms with Gasteiger partial charge in [-0.2, -0.15) is 0 Å². The predicted octanol–water partition coefficient (Wildman–Crippen LogP) is 2.56. The van der Waals surface area contributed by atoms with Crippen molar-refractivity contribution in [2.24, 2.45) is 0 Å². The summed E-state index contributed by atoms with van der Waals surface area (Å²) >= 11 is 0. The Bertz CT molecular complexity index is 367. The van der Waals surface area contributed by atoms with Crippen molar-refractivity contribution in [3.05, 3.63) is 23.4 Å². The lowest BCUT2D eigenvalue weighted by Crippen LogP contribution is -2.22. The van der Waals surface area contributed by atoms with Gasteiger partial charge in [-0.1, -0.05) is 27.2 Å². The van der Waals surface area contributed by atoms with Gasteiger partial charge in [0, 0.05) is 31.5 Å². The number of pyridine rings is 1. The zero-order chi connectivity index (χ0) is 14.1. The molecule has 19 heavy (non-hydrogen) atoms. The fourth-order valence-corrected chi connectivity index (χ4v) is 1.73. The van der Waals surface area contributed by atoms with Crippen LogP contribution in [0.3, 0.4) is 0 Å². The summed E-state index contributed by atoms with van der Waals surface area (Å²) < 4.78 is 10.6. The fourth-order valence-electron chi connectivity index (χ4n) is 1.73. The van der Waals surface area contributed by atoms with E-state index in [1.165, 1.54) is 5.56 Å². The summed E-state index contributed by atoms with van der Waals surface area (Å²) in [5, 5.41) is 3.42. The molecule has 0 radical (unpaired) electrons. The van der Waals surface area contributed by atoms with Crippen LogP contribution in [0.2, 0.25) is 0 Å². The normalized spacial score (nSPS) is 11.0. The SMILES string of the molecule is CCCc1cc(CNC(C)C)cc(OCCOC)n1. The molecule has 4 heteroatoms. The molecular weight excluding hydrogens is 240 g/mol. The minimum Gasteiger partial charge on any atom is -0.475 e. The van der Waals surface area contributed by atoms with Crippen molar-refractivity contribution in [1.29, 1.82) is 0 Å². The predicted molar refractivity (Wildman–Crippen MR) is 77.6 cm³/mol. The second kappa shape index (κ2) is 8.88. The topological polar surface area (TPSA) is 43.4 Å². The third-order valence-corrected chi connectivity index (χ3v) is 2.67. The highest BCUT2D eigenvalue weighted by Gasteiger charge is 2.04. The van der Waals surface area contributed by atoms with Crippen LogP contribution in [0.4, 0.5) is 0 Å². The van der Waals surface area contributed by atoms with Crippen molar-refractivity contribution < 1.29 is 9.47 Å². The maximum Gasteiger partial charge on any atom is 0.213 e. The number of nitrogens with one attached hydrogen (secondary N) is 1. The van der Waals surface area contributed by atoms with Crippen molar-refractivity contribution in [3.63, 3.8) is 0 Å². The molecule has 0 bridgehead atoms. The Hall–Kier alpha value is -1.13. The van der Waals surface area contributed by atoms with E-state index in [0.29, 0.717) is 25.1 Å². The van der Waals surface area contributed by atoms with Gasteiger partial charge < -0.3 is 14.8 Å². The Morgan fingerprint density at radius 3 is 2.68 bits per heavy atom. The van der Waals surface area contributed by atoms with Gasteiger partial charge in [0.2, 0.25) is 5.88 Å². The zero-order valence-electron chi connectivity index (χ0n) is 12.5. The van der Waals surface area contributed by atoms with E-state index in [9.17, 15) is 0 Å². The maximum absolute atomic E-state index is 5.62. The number of ether oxygens (including phenoxy) is 2. The lowest BCUT2D eigenvalue weighted by Gasteiger charge is -2.12. The fraction of sp³-hybridized carbons (Fsp3) is 0.667. The molecular formula is C15H26N2O2. The number of hydrogen-bond acceptors (Lipinski definition) is 4. The lowest BCUT2D eigenvalue weighted by atomic mass is 10.1. The molecule has 108 valence electrons. The van der Waals surface area contributed by atoms with Crippen LogP contribution in [-0.2, 0) is 17.7 Å². The van der Waals surface area contributed by atoms with Crippen LogP contribution >= 0.6 is 0 Å². The molecule has 1 aromatic heterocycles. The van der Waals surface area contributed by atoms with Crippen LogP contribution in [0.5, 0.6) is 5.88 Å². The van der Waals surface area contributed by atoms with E-state index in [1.807, 2.05) is 6.07 Å². The molecule has 0 aromatic carbocycles. The maximum atomic E-state index is 5.62. The Labute approximate surface area is 116 Å². The van der Waals surface area contributed by atoms with Gasteiger partial charge >= 0.3 is 0 Å². The van der Waals surface area contributed by atoms with Crippen molar-refractivity contribution in [2.45, 2.75) is 46.2 Å². The number of aryl methyl sites for hydroxylation is 1. The molecule has 1 heterocycles. The van der Waals surface area contributed by atoms with E-state index < -0.39 is 0 Å². The van der Waals surface area contributed by atoms with Gasteiger partial charge in [-0.25, -0.2) is 4.98 Å². The molecule has 1 aromatic rings. The third kappa shape index (κ3) is 6.55. The minimum absolute atomic E-state index is 0.473. The molecule has 0 unspecified atom stereocenters. The summed E-state index contributed by atoms with van der Waals surface area (Å²) in [5.74, 6) is 0.698. The van der Waals surface area contributed by atoms with Crippen LogP contribution in [0.25, 0.3) is 0 Å². The van der Waals surface area contributed by atoms with Gasteiger partial charge in [0.05, 0.1) is 6.61 Å². The molecule has 0 saturated heterocycles. The molecule has 0 spiro atoms. The van der Waals surface area contributed by atoms with Crippen molar-refractivity contribution in [3.8, 4) is 5.88 Å². The van der Waals surface area contributed by atoms with Gasteiger partial charge in [0.1, 0.15) is 6.61 Å². The van der Waals surface area contributed by atoms with Crippen molar-refractivity contribution in [1.82, 2.24) is 10.3 Å². The van der Waals surface area contributed by atoms with Gasteiger partial charge in [-0.15, -0.1) is 0 Å². The second-order valence-electron chi connectivity index (χ2n) is 4.93. The number of nitrogens with zero attached hydrogens (tertiary/aromatic N) is 1. The summed E-state index contributed by atoms with van der Waals surface area (Å²) in [6.45, 7) is 8.41. The molecule has 0 fully saturated rings. The Morgan fingerprint density at radius 2 is 2.05 bits per heavy atom. The highest BCUT2D eigenvalue weighted by molar-refractivity contribution is 5.25. The largest absolute Gasteiger partial charge is 0.475 e. The van der Waals surface area contributed by atoms with Crippen LogP contribution in [0.15, 0.2) is 12.1 Å². The standard InChI is InChI=1S/C15H26N2O2/c1-5-6-14-9-13(11-16-12(2)3)10-15(17-14)19-8-7-18-4/h9-10,12,16H,5-8,11H2,1-4H3. The van der Waals surface area contributed by atoms with Gasteiger partial charge in [0.15, 0.2) is 0 Å². The minimum atomic E-state index is 0.473. The molecule has 0 aliphatic heterocycles. The first-order chi connectivity index (χ1) is 9.15. The molecule has 0 aliphatic carbocycles. The number of rotatable bonds is 9.